The molecule has 0 amide bonds. The van der Waals surface area contributed by atoms with Gasteiger partial charge in [0.2, 0.25) is 8.32 Å². The second kappa shape index (κ2) is 5.59. The maximum atomic E-state index is 5.89. The maximum absolute atomic E-state index is 5.89. The van der Waals surface area contributed by atoms with E-state index in [0.29, 0.717) is 6.10 Å². The molecule has 0 aromatic carbocycles. The SMILES string of the molecule is C/C=C(/OC1CCCCC1)O[Si](C)(C)C. The Balaban J connectivity index is 2.39. The zero-order valence-corrected chi connectivity index (χ0v) is 11.5. The number of hydrogen-bond donors (Lipinski definition) is 0. The van der Waals surface area contributed by atoms with Crippen LogP contribution >= 0.6 is 0 Å². The smallest absolute Gasteiger partial charge is 0.261 e. The van der Waals surface area contributed by atoms with Crippen LogP contribution in [0.1, 0.15) is 39.0 Å². The first-order valence-corrected chi connectivity index (χ1v) is 9.44. The fraction of sp³-hybridized carbons (Fsp3) is 0.833. The van der Waals surface area contributed by atoms with Gasteiger partial charge in [-0.3, -0.25) is 0 Å². The molecule has 1 aliphatic carbocycles. The summed E-state index contributed by atoms with van der Waals surface area (Å²) in [6.45, 7) is 8.53. The Bertz CT molecular complexity index is 212. The normalized spacial score (nSPS) is 20.1. The van der Waals surface area contributed by atoms with Crippen LogP contribution in [0.4, 0.5) is 0 Å². The van der Waals surface area contributed by atoms with Gasteiger partial charge in [-0.15, -0.1) is 0 Å². The molecule has 1 saturated carbocycles. The van der Waals surface area contributed by atoms with Gasteiger partial charge in [-0.05, 0) is 58.3 Å². The van der Waals surface area contributed by atoms with E-state index in [4.69, 9.17) is 9.16 Å². The molecule has 0 unspecified atom stereocenters. The number of ether oxygens (including phenoxy) is 1. The third kappa shape index (κ3) is 5.26. The molecule has 2 nitrogen and oxygen atoms in total. The van der Waals surface area contributed by atoms with Gasteiger partial charge in [-0.25, -0.2) is 0 Å². The first-order valence-electron chi connectivity index (χ1n) is 6.03. The van der Waals surface area contributed by atoms with Crippen LogP contribution < -0.4 is 0 Å². The van der Waals surface area contributed by atoms with Crippen LogP contribution in [-0.4, -0.2) is 14.4 Å². The second-order valence-electron chi connectivity index (χ2n) is 5.20. The molecule has 0 atom stereocenters. The molecule has 0 bridgehead atoms. The van der Waals surface area contributed by atoms with Crippen molar-refractivity contribution >= 4 is 8.32 Å². The molecule has 0 aromatic rings. The summed E-state index contributed by atoms with van der Waals surface area (Å²) < 4.78 is 11.8. The molecule has 0 aromatic heterocycles. The molecule has 0 spiro atoms. The van der Waals surface area contributed by atoms with Crippen molar-refractivity contribution in [3.05, 3.63) is 12.0 Å². The standard InChI is InChI=1S/C12H24O2Si/c1-5-12(14-15(2,3)4)13-11-9-7-6-8-10-11/h5,11H,6-10H2,1-4H3/b12-5-. The fourth-order valence-corrected chi connectivity index (χ4v) is 2.57. The largest absolute Gasteiger partial charge is 0.520 e. The van der Waals surface area contributed by atoms with Gasteiger partial charge in [-0.1, -0.05) is 6.42 Å². The highest BCUT2D eigenvalue weighted by atomic mass is 28.4. The Hall–Kier alpha value is -0.443. The first-order chi connectivity index (χ1) is 7.01. The van der Waals surface area contributed by atoms with Crippen molar-refractivity contribution in [1.29, 1.82) is 0 Å². The molecule has 1 aliphatic rings. The molecule has 0 heterocycles. The van der Waals surface area contributed by atoms with Crippen LogP contribution in [0.2, 0.25) is 19.6 Å². The van der Waals surface area contributed by atoms with Crippen LogP contribution in [0.15, 0.2) is 12.0 Å². The average molecular weight is 228 g/mol. The lowest BCUT2D eigenvalue weighted by Crippen LogP contribution is -2.27. The van der Waals surface area contributed by atoms with Gasteiger partial charge in [-0.2, -0.15) is 0 Å². The van der Waals surface area contributed by atoms with Gasteiger partial charge in [0.25, 0.3) is 5.95 Å². The Kier molecular flexibility index (Phi) is 4.70. The van der Waals surface area contributed by atoms with Crippen LogP contribution in [0.3, 0.4) is 0 Å². The van der Waals surface area contributed by atoms with E-state index in [1.165, 1.54) is 32.1 Å². The molecular weight excluding hydrogens is 204 g/mol. The zero-order chi connectivity index (χ0) is 11.3. The monoisotopic (exact) mass is 228 g/mol. The van der Waals surface area contributed by atoms with Crippen molar-refractivity contribution in [3.8, 4) is 0 Å². The summed E-state index contributed by atoms with van der Waals surface area (Å²) >= 11 is 0. The number of allylic oxidation sites excluding steroid dienone is 1. The second-order valence-corrected chi connectivity index (χ2v) is 9.63. The summed E-state index contributed by atoms with van der Waals surface area (Å²) in [4.78, 5) is 0. The molecule has 1 rings (SSSR count). The van der Waals surface area contributed by atoms with E-state index in [0.717, 1.165) is 5.95 Å². The van der Waals surface area contributed by atoms with Crippen molar-refractivity contribution in [3.63, 3.8) is 0 Å². The summed E-state index contributed by atoms with van der Waals surface area (Å²) in [6.07, 6.45) is 8.68. The molecular formula is C12H24O2Si. The Morgan fingerprint density at radius 2 is 1.73 bits per heavy atom. The van der Waals surface area contributed by atoms with E-state index in [9.17, 15) is 0 Å². The van der Waals surface area contributed by atoms with Crippen molar-refractivity contribution in [2.75, 3.05) is 0 Å². The predicted octanol–water partition coefficient (Wildman–Crippen LogP) is 4.05. The van der Waals surface area contributed by atoms with Crippen LogP contribution in [0.25, 0.3) is 0 Å². The van der Waals surface area contributed by atoms with Crippen molar-refractivity contribution < 1.29 is 9.16 Å². The molecule has 0 saturated heterocycles. The minimum atomic E-state index is -1.52. The fourth-order valence-electron chi connectivity index (χ4n) is 1.80. The Morgan fingerprint density at radius 1 is 1.13 bits per heavy atom. The summed E-state index contributed by atoms with van der Waals surface area (Å²) in [5.74, 6) is 0.751. The van der Waals surface area contributed by atoms with E-state index in [-0.39, 0.29) is 0 Å². The quantitative estimate of drug-likeness (QED) is 0.534. The molecule has 88 valence electrons. The lowest BCUT2D eigenvalue weighted by Gasteiger charge is -2.27. The molecule has 0 N–H and O–H groups in total. The summed E-state index contributed by atoms with van der Waals surface area (Å²) in [7, 11) is -1.52. The molecule has 15 heavy (non-hydrogen) atoms. The highest BCUT2D eigenvalue weighted by Gasteiger charge is 2.21. The topological polar surface area (TPSA) is 18.5 Å². The molecule has 1 fully saturated rings. The minimum absolute atomic E-state index is 0.390. The van der Waals surface area contributed by atoms with E-state index in [1.54, 1.807) is 0 Å². The Labute approximate surface area is 94.8 Å². The molecule has 0 radical (unpaired) electrons. The number of rotatable bonds is 4. The van der Waals surface area contributed by atoms with Crippen molar-refractivity contribution in [1.82, 2.24) is 0 Å². The van der Waals surface area contributed by atoms with Crippen LogP contribution in [0.5, 0.6) is 0 Å². The lowest BCUT2D eigenvalue weighted by atomic mass is 9.98. The van der Waals surface area contributed by atoms with Crippen LogP contribution in [0, 0.1) is 0 Å². The van der Waals surface area contributed by atoms with E-state index >= 15 is 0 Å². The summed E-state index contributed by atoms with van der Waals surface area (Å²) in [6, 6.07) is 0. The average Bonchev–Trinajstić information content (AvgIpc) is 2.16. The third-order valence-corrected chi connectivity index (χ3v) is 3.29. The highest BCUT2D eigenvalue weighted by molar-refractivity contribution is 6.69. The van der Waals surface area contributed by atoms with Crippen molar-refractivity contribution in [2.24, 2.45) is 0 Å². The minimum Gasteiger partial charge on any atom is -0.520 e. The third-order valence-electron chi connectivity index (χ3n) is 2.48. The highest BCUT2D eigenvalue weighted by Crippen LogP contribution is 2.24. The number of hydrogen-bond acceptors (Lipinski definition) is 2. The van der Waals surface area contributed by atoms with Gasteiger partial charge >= 0.3 is 0 Å². The van der Waals surface area contributed by atoms with Gasteiger partial charge < -0.3 is 9.16 Å². The summed E-state index contributed by atoms with van der Waals surface area (Å²) in [5.41, 5.74) is 0. The van der Waals surface area contributed by atoms with Crippen LogP contribution in [-0.2, 0) is 9.16 Å². The van der Waals surface area contributed by atoms with E-state index < -0.39 is 8.32 Å². The predicted molar refractivity (Wildman–Crippen MR) is 66.1 cm³/mol. The van der Waals surface area contributed by atoms with Gasteiger partial charge in [0.1, 0.15) is 6.10 Å². The van der Waals surface area contributed by atoms with Gasteiger partial charge in [0.05, 0.1) is 0 Å². The maximum Gasteiger partial charge on any atom is 0.261 e. The molecule has 3 heteroatoms. The summed E-state index contributed by atoms with van der Waals surface area (Å²) in [5, 5.41) is 0. The van der Waals surface area contributed by atoms with Gasteiger partial charge in [0, 0.05) is 0 Å². The molecule has 0 aliphatic heterocycles. The first kappa shape index (κ1) is 12.6. The van der Waals surface area contributed by atoms with E-state index in [1.807, 2.05) is 13.0 Å². The lowest BCUT2D eigenvalue weighted by molar-refractivity contribution is 0.0188. The van der Waals surface area contributed by atoms with Gasteiger partial charge in [0.15, 0.2) is 0 Å². The zero-order valence-electron chi connectivity index (χ0n) is 10.5. The Morgan fingerprint density at radius 3 is 2.20 bits per heavy atom. The van der Waals surface area contributed by atoms with E-state index in [2.05, 4.69) is 19.6 Å². The van der Waals surface area contributed by atoms with Crippen molar-refractivity contribution in [2.45, 2.75) is 64.8 Å².